The van der Waals surface area contributed by atoms with Crippen molar-refractivity contribution in [1.29, 1.82) is 0 Å². The van der Waals surface area contributed by atoms with Gasteiger partial charge in [-0.25, -0.2) is 0 Å². The molecule has 1 atom stereocenters. The van der Waals surface area contributed by atoms with Crippen LogP contribution in [0.3, 0.4) is 0 Å². The standard InChI is InChI=1S/C19H35BrO/c1-18(2)17-19(21)15-13-11-9-7-5-3-4-6-8-10-12-14-16-20/h18-19,21H,3-12,14,16-17H2,1-2H3/t19-/m1/s1. The van der Waals surface area contributed by atoms with Crippen LogP contribution in [-0.4, -0.2) is 16.5 Å². The van der Waals surface area contributed by atoms with Gasteiger partial charge in [0.15, 0.2) is 0 Å². The SMILES string of the molecule is CC(C)C[C@H](O)C#CCCCCCCCCCCCCBr. The van der Waals surface area contributed by atoms with E-state index in [1.54, 1.807) is 0 Å². The molecule has 0 unspecified atom stereocenters. The molecule has 0 aromatic carbocycles. The Bertz CT molecular complexity index is 264. The zero-order valence-electron chi connectivity index (χ0n) is 14.2. The molecule has 0 aromatic heterocycles. The van der Waals surface area contributed by atoms with Crippen LogP contribution in [0.15, 0.2) is 0 Å². The number of aliphatic hydroxyl groups excluding tert-OH is 1. The highest BCUT2D eigenvalue weighted by Crippen LogP contribution is 2.11. The molecule has 1 N–H and O–H groups in total. The molecule has 0 saturated heterocycles. The summed E-state index contributed by atoms with van der Waals surface area (Å²) in [5.74, 6) is 6.59. The molecule has 124 valence electrons. The first kappa shape index (κ1) is 21.0. The molecule has 0 aromatic rings. The van der Waals surface area contributed by atoms with E-state index in [9.17, 15) is 5.11 Å². The van der Waals surface area contributed by atoms with Crippen molar-refractivity contribution in [1.82, 2.24) is 0 Å². The van der Waals surface area contributed by atoms with Gasteiger partial charge in [0.2, 0.25) is 0 Å². The first-order valence-electron chi connectivity index (χ1n) is 8.89. The lowest BCUT2D eigenvalue weighted by Gasteiger charge is -2.05. The molecule has 0 aliphatic heterocycles. The zero-order valence-corrected chi connectivity index (χ0v) is 15.8. The van der Waals surface area contributed by atoms with E-state index >= 15 is 0 Å². The average molecular weight is 359 g/mol. The fourth-order valence-electron chi connectivity index (χ4n) is 2.42. The predicted octanol–water partition coefficient (Wildman–Crippen LogP) is 6.08. The molecular weight excluding hydrogens is 324 g/mol. The molecule has 21 heavy (non-hydrogen) atoms. The van der Waals surface area contributed by atoms with Gasteiger partial charge in [0, 0.05) is 11.8 Å². The Morgan fingerprint density at radius 2 is 1.29 bits per heavy atom. The van der Waals surface area contributed by atoms with Crippen molar-refractivity contribution >= 4 is 15.9 Å². The van der Waals surface area contributed by atoms with Crippen molar-refractivity contribution in [3.8, 4) is 11.8 Å². The van der Waals surface area contributed by atoms with Crippen molar-refractivity contribution in [3.63, 3.8) is 0 Å². The normalized spacial score (nSPS) is 12.2. The molecule has 0 aliphatic carbocycles. The molecule has 0 aliphatic rings. The fraction of sp³-hybridized carbons (Fsp3) is 0.895. The number of alkyl halides is 1. The fourth-order valence-corrected chi connectivity index (χ4v) is 2.81. The molecule has 0 spiro atoms. The topological polar surface area (TPSA) is 20.2 Å². The molecule has 0 heterocycles. The van der Waals surface area contributed by atoms with Crippen LogP contribution >= 0.6 is 15.9 Å². The van der Waals surface area contributed by atoms with Crippen LogP contribution in [0.2, 0.25) is 0 Å². The molecule has 2 heteroatoms. The van der Waals surface area contributed by atoms with Crippen LogP contribution in [0.5, 0.6) is 0 Å². The van der Waals surface area contributed by atoms with Gasteiger partial charge in [0.1, 0.15) is 6.10 Å². The van der Waals surface area contributed by atoms with Gasteiger partial charge in [-0.1, -0.05) is 87.1 Å². The lowest BCUT2D eigenvalue weighted by atomic mass is 10.1. The molecule has 0 rings (SSSR count). The molecule has 0 saturated carbocycles. The minimum Gasteiger partial charge on any atom is -0.380 e. The van der Waals surface area contributed by atoms with Crippen molar-refractivity contribution < 1.29 is 5.11 Å². The maximum Gasteiger partial charge on any atom is 0.115 e. The Kier molecular flexibility index (Phi) is 16.4. The third-order valence-corrected chi connectivity index (χ3v) is 4.21. The Morgan fingerprint density at radius 1 is 0.810 bits per heavy atom. The van der Waals surface area contributed by atoms with E-state index in [1.807, 2.05) is 0 Å². The van der Waals surface area contributed by atoms with Crippen LogP contribution in [0.4, 0.5) is 0 Å². The summed E-state index contributed by atoms with van der Waals surface area (Å²) in [6, 6.07) is 0. The van der Waals surface area contributed by atoms with Crippen molar-refractivity contribution in [2.24, 2.45) is 5.92 Å². The maximum atomic E-state index is 9.62. The smallest absolute Gasteiger partial charge is 0.115 e. The van der Waals surface area contributed by atoms with E-state index in [2.05, 4.69) is 41.6 Å². The largest absolute Gasteiger partial charge is 0.380 e. The quantitative estimate of drug-likeness (QED) is 0.240. The highest BCUT2D eigenvalue weighted by molar-refractivity contribution is 9.09. The van der Waals surface area contributed by atoms with Gasteiger partial charge in [0.05, 0.1) is 0 Å². The third-order valence-electron chi connectivity index (χ3n) is 3.65. The van der Waals surface area contributed by atoms with E-state index in [-0.39, 0.29) is 0 Å². The Labute approximate surface area is 141 Å². The zero-order chi connectivity index (χ0) is 15.8. The highest BCUT2D eigenvalue weighted by atomic mass is 79.9. The lowest BCUT2D eigenvalue weighted by molar-refractivity contribution is 0.204. The Hall–Kier alpha value is 0. The van der Waals surface area contributed by atoms with Crippen LogP contribution in [0, 0.1) is 17.8 Å². The van der Waals surface area contributed by atoms with Crippen molar-refractivity contribution in [2.75, 3.05) is 5.33 Å². The predicted molar refractivity (Wildman–Crippen MR) is 97.8 cm³/mol. The summed E-state index contributed by atoms with van der Waals surface area (Å²) in [5, 5.41) is 10.8. The number of hydrogen-bond acceptors (Lipinski definition) is 1. The second-order valence-electron chi connectivity index (χ2n) is 6.44. The summed E-state index contributed by atoms with van der Waals surface area (Å²) in [4.78, 5) is 0. The van der Waals surface area contributed by atoms with Crippen LogP contribution in [0.1, 0.15) is 90.9 Å². The van der Waals surface area contributed by atoms with Gasteiger partial charge in [-0.2, -0.15) is 0 Å². The summed E-state index contributed by atoms with van der Waals surface area (Å²) in [6.07, 6.45) is 14.8. The summed E-state index contributed by atoms with van der Waals surface area (Å²) in [7, 11) is 0. The number of hydrogen-bond donors (Lipinski definition) is 1. The average Bonchev–Trinajstić information content (AvgIpc) is 2.43. The number of halogens is 1. The number of unbranched alkanes of at least 4 members (excludes halogenated alkanes) is 10. The molecule has 0 bridgehead atoms. The molecular formula is C19H35BrO. The third kappa shape index (κ3) is 18.0. The summed E-state index contributed by atoms with van der Waals surface area (Å²) in [6.45, 7) is 4.24. The van der Waals surface area contributed by atoms with E-state index in [0.717, 1.165) is 18.2 Å². The van der Waals surface area contributed by atoms with E-state index in [4.69, 9.17) is 0 Å². The maximum absolute atomic E-state index is 9.62. The molecule has 0 radical (unpaired) electrons. The molecule has 0 fully saturated rings. The van der Waals surface area contributed by atoms with Gasteiger partial charge >= 0.3 is 0 Å². The van der Waals surface area contributed by atoms with Crippen LogP contribution < -0.4 is 0 Å². The van der Waals surface area contributed by atoms with Gasteiger partial charge in [-0.15, -0.1) is 5.92 Å². The monoisotopic (exact) mass is 358 g/mol. The molecule has 1 nitrogen and oxygen atoms in total. The summed E-state index contributed by atoms with van der Waals surface area (Å²) >= 11 is 3.47. The van der Waals surface area contributed by atoms with Crippen molar-refractivity contribution in [2.45, 2.75) is 97.0 Å². The van der Waals surface area contributed by atoms with Crippen molar-refractivity contribution in [3.05, 3.63) is 0 Å². The van der Waals surface area contributed by atoms with Gasteiger partial charge in [-0.3, -0.25) is 0 Å². The van der Waals surface area contributed by atoms with E-state index in [0.29, 0.717) is 5.92 Å². The molecule has 0 amide bonds. The van der Waals surface area contributed by atoms with Crippen LogP contribution in [0.25, 0.3) is 0 Å². The highest BCUT2D eigenvalue weighted by Gasteiger charge is 2.01. The lowest BCUT2D eigenvalue weighted by Crippen LogP contribution is -2.06. The summed E-state index contributed by atoms with van der Waals surface area (Å²) in [5.41, 5.74) is 0. The summed E-state index contributed by atoms with van der Waals surface area (Å²) < 4.78 is 0. The number of rotatable bonds is 13. The first-order chi connectivity index (χ1) is 10.2. The second-order valence-corrected chi connectivity index (χ2v) is 7.23. The first-order valence-corrected chi connectivity index (χ1v) is 10.0. The second kappa shape index (κ2) is 16.4. The Balaban J connectivity index is 3.20. The Morgan fingerprint density at radius 3 is 1.76 bits per heavy atom. The van der Waals surface area contributed by atoms with Gasteiger partial charge < -0.3 is 5.11 Å². The number of aliphatic hydroxyl groups is 1. The van der Waals surface area contributed by atoms with Crippen LogP contribution in [-0.2, 0) is 0 Å². The van der Waals surface area contributed by atoms with E-state index < -0.39 is 6.10 Å². The van der Waals surface area contributed by atoms with E-state index in [1.165, 1.54) is 64.2 Å². The minimum absolute atomic E-state index is 0.422. The van der Waals surface area contributed by atoms with Gasteiger partial charge in [-0.05, 0) is 25.2 Å². The van der Waals surface area contributed by atoms with Gasteiger partial charge in [0.25, 0.3) is 0 Å². The minimum atomic E-state index is -0.422.